The maximum atomic E-state index is 11.7. The van der Waals surface area contributed by atoms with Gasteiger partial charge in [0.2, 0.25) is 5.88 Å². The third-order valence-corrected chi connectivity index (χ3v) is 5.18. The first-order valence-electron chi connectivity index (χ1n) is 9.00. The summed E-state index contributed by atoms with van der Waals surface area (Å²) in [5, 5.41) is 2.92. The Morgan fingerprint density at radius 3 is 2.54 bits per heavy atom. The van der Waals surface area contributed by atoms with Crippen molar-refractivity contribution in [2.75, 3.05) is 13.2 Å². The summed E-state index contributed by atoms with van der Waals surface area (Å²) in [7, 11) is 0. The van der Waals surface area contributed by atoms with Crippen LogP contribution in [-0.2, 0) is 16.0 Å². The Labute approximate surface area is 174 Å². The van der Waals surface area contributed by atoms with Crippen molar-refractivity contribution < 1.29 is 14.3 Å². The van der Waals surface area contributed by atoms with Gasteiger partial charge in [-0.25, -0.2) is 9.78 Å². The van der Waals surface area contributed by atoms with Crippen LogP contribution in [0.2, 0.25) is 10.0 Å². The first-order chi connectivity index (χ1) is 13.4. The standard InChI is InChI=1S/C22H21Cl2NO3/c1-4-27-20(26)12-28-22-21-14(3)17(10-15-5-7-16(23)8-6-15)13(2)9-18(21)19(24)11-25-22/h5-9,11H,4,10,12H2,1-3H3. The number of rotatable bonds is 6. The van der Waals surface area contributed by atoms with Crippen LogP contribution in [0.5, 0.6) is 5.88 Å². The van der Waals surface area contributed by atoms with E-state index in [2.05, 4.69) is 11.9 Å². The molecule has 0 spiro atoms. The molecule has 6 heteroatoms. The lowest BCUT2D eigenvalue weighted by molar-refractivity contribution is -0.145. The number of fused-ring (bicyclic) bond motifs is 1. The molecule has 0 amide bonds. The molecule has 0 radical (unpaired) electrons. The van der Waals surface area contributed by atoms with Crippen LogP contribution in [0.4, 0.5) is 0 Å². The van der Waals surface area contributed by atoms with Gasteiger partial charge in [0.1, 0.15) is 0 Å². The molecule has 0 fully saturated rings. The summed E-state index contributed by atoms with van der Waals surface area (Å²) in [6.45, 7) is 5.95. The van der Waals surface area contributed by atoms with Crippen LogP contribution in [-0.4, -0.2) is 24.2 Å². The van der Waals surface area contributed by atoms with E-state index in [9.17, 15) is 4.79 Å². The third-order valence-electron chi connectivity index (χ3n) is 4.63. The van der Waals surface area contributed by atoms with Gasteiger partial charge < -0.3 is 9.47 Å². The van der Waals surface area contributed by atoms with Gasteiger partial charge in [-0.2, -0.15) is 0 Å². The van der Waals surface area contributed by atoms with E-state index in [1.807, 2.05) is 37.3 Å². The molecule has 28 heavy (non-hydrogen) atoms. The minimum atomic E-state index is -0.432. The fraction of sp³-hybridized carbons (Fsp3) is 0.273. The first kappa shape index (κ1) is 20.4. The number of nitrogens with zero attached hydrogens (tertiary/aromatic N) is 1. The summed E-state index contributed by atoms with van der Waals surface area (Å²) in [4.78, 5) is 16.0. The Morgan fingerprint density at radius 1 is 1.14 bits per heavy atom. The van der Waals surface area contributed by atoms with E-state index in [0.29, 0.717) is 22.5 Å². The number of hydrogen-bond donors (Lipinski definition) is 0. The van der Waals surface area contributed by atoms with E-state index in [4.69, 9.17) is 32.7 Å². The summed E-state index contributed by atoms with van der Waals surface area (Å²) in [5.41, 5.74) is 4.47. The van der Waals surface area contributed by atoms with Gasteiger partial charge in [0.15, 0.2) is 6.61 Å². The normalized spacial score (nSPS) is 10.9. The lowest BCUT2D eigenvalue weighted by atomic mass is 9.92. The van der Waals surface area contributed by atoms with Crippen LogP contribution in [0.15, 0.2) is 36.5 Å². The van der Waals surface area contributed by atoms with Crippen LogP contribution in [0.3, 0.4) is 0 Å². The largest absolute Gasteiger partial charge is 0.465 e. The molecule has 0 aliphatic heterocycles. The lowest BCUT2D eigenvalue weighted by Crippen LogP contribution is -2.15. The molecule has 0 atom stereocenters. The van der Waals surface area contributed by atoms with E-state index in [0.717, 1.165) is 33.9 Å². The topological polar surface area (TPSA) is 48.4 Å². The molecule has 0 N–H and O–H groups in total. The maximum absolute atomic E-state index is 11.7. The number of ether oxygens (including phenoxy) is 2. The van der Waals surface area contributed by atoms with Crippen molar-refractivity contribution in [2.45, 2.75) is 27.2 Å². The second-order valence-corrected chi connectivity index (χ2v) is 7.37. The maximum Gasteiger partial charge on any atom is 0.344 e. The molecule has 1 heterocycles. The Hall–Kier alpha value is -2.30. The van der Waals surface area contributed by atoms with Crippen molar-refractivity contribution in [3.63, 3.8) is 0 Å². The van der Waals surface area contributed by atoms with Crippen molar-refractivity contribution in [3.8, 4) is 5.88 Å². The summed E-state index contributed by atoms with van der Waals surface area (Å²) in [6.07, 6.45) is 2.29. The van der Waals surface area contributed by atoms with Crippen molar-refractivity contribution in [1.82, 2.24) is 4.98 Å². The van der Waals surface area contributed by atoms with E-state index >= 15 is 0 Å². The highest BCUT2D eigenvalue weighted by Gasteiger charge is 2.17. The lowest BCUT2D eigenvalue weighted by Gasteiger charge is -2.17. The third kappa shape index (κ3) is 4.40. The fourth-order valence-corrected chi connectivity index (χ4v) is 3.58. The van der Waals surface area contributed by atoms with Gasteiger partial charge in [0, 0.05) is 15.8 Å². The number of pyridine rings is 1. The van der Waals surface area contributed by atoms with Gasteiger partial charge in [-0.15, -0.1) is 0 Å². The van der Waals surface area contributed by atoms with Crippen LogP contribution < -0.4 is 4.74 Å². The average molecular weight is 418 g/mol. The minimum absolute atomic E-state index is 0.197. The molecule has 0 saturated carbocycles. The summed E-state index contributed by atoms with van der Waals surface area (Å²) < 4.78 is 10.6. The van der Waals surface area contributed by atoms with Gasteiger partial charge in [-0.1, -0.05) is 35.3 Å². The molecule has 4 nitrogen and oxygen atoms in total. The highest BCUT2D eigenvalue weighted by atomic mass is 35.5. The smallest absolute Gasteiger partial charge is 0.344 e. The van der Waals surface area contributed by atoms with Crippen molar-refractivity contribution in [1.29, 1.82) is 0 Å². The van der Waals surface area contributed by atoms with Gasteiger partial charge in [0.05, 0.1) is 17.8 Å². The minimum Gasteiger partial charge on any atom is -0.465 e. The van der Waals surface area contributed by atoms with Crippen LogP contribution >= 0.6 is 23.2 Å². The Kier molecular flexibility index (Phi) is 6.42. The van der Waals surface area contributed by atoms with Gasteiger partial charge >= 0.3 is 5.97 Å². The molecule has 1 aromatic heterocycles. The van der Waals surface area contributed by atoms with E-state index in [-0.39, 0.29) is 6.61 Å². The Balaban J connectivity index is 2.04. The zero-order chi connectivity index (χ0) is 20.3. The highest BCUT2D eigenvalue weighted by molar-refractivity contribution is 6.35. The number of carbonyl (C=O) groups excluding carboxylic acids is 1. The molecule has 0 bridgehead atoms. The Morgan fingerprint density at radius 2 is 1.86 bits per heavy atom. The number of halogens is 2. The summed E-state index contributed by atoms with van der Waals surface area (Å²) >= 11 is 12.4. The van der Waals surface area contributed by atoms with E-state index < -0.39 is 5.97 Å². The van der Waals surface area contributed by atoms with Crippen molar-refractivity contribution >= 4 is 39.9 Å². The predicted octanol–water partition coefficient (Wildman–Crippen LogP) is 5.69. The predicted molar refractivity (Wildman–Crippen MR) is 113 cm³/mol. The number of aryl methyl sites for hydroxylation is 2. The second-order valence-electron chi connectivity index (χ2n) is 6.53. The first-order valence-corrected chi connectivity index (χ1v) is 9.76. The molecule has 0 unspecified atom stereocenters. The number of hydrogen-bond acceptors (Lipinski definition) is 4. The molecule has 146 valence electrons. The number of benzene rings is 2. The quantitative estimate of drug-likeness (QED) is 0.483. The molecule has 0 aliphatic carbocycles. The SMILES string of the molecule is CCOC(=O)COc1ncc(Cl)c2cc(C)c(Cc3ccc(Cl)cc3)c(C)c12. The summed E-state index contributed by atoms with van der Waals surface area (Å²) in [5.74, 6) is -0.0548. The highest BCUT2D eigenvalue weighted by Crippen LogP contribution is 2.36. The van der Waals surface area contributed by atoms with Crippen LogP contribution in [0.1, 0.15) is 29.2 Å². The second kappa shape index (κ2) is 8.80. The Bertz CT molecular complexity index is 1020. The molecular weight excluding hydrogens is 397 g/mol. The monoisotopic (exact) mass is 417 g/mol. The van der Waals surface area contributed by atoms with Gasteiger partial charge in [-0.05, 0) is 67.6 Å². The van der Waals surface area contributed by atoms with Gasteiger partial charge in [-0.3, -0.25) is 0 Å². The van der Waals surface area contributed by atoms with Crippen LogP contribution in [0, 0.1) is 13.8 Å². The van der Waals surface area contributed by atoms with Crippen LogP contribution in [0.25, 0.3) is 10.8 Å². The number of aromatic nitrogens is 1. The zero-order valence-electron chi connectivity index (χ0n) is 16.0. The number of carbonyl (C=O) groups is 1. The fourth-order valence-electron chi connectivity index (χ4n) is 3.26. The van der Waals surface area contributed by atoms with Crippen molar-refractivity contribution in [3.05, 3.63) is 68.8 Å². The number of esters is 1. The molecule has 0 saturated heterocycles. The van der Waals surface area contributed by atoms with Gasteiger partial charge in [0.25, 0.3) is 0 Å². The summed E-state index contributed by atoms with van der Waals surface area (Å²) in [6, 6.07) is 9.83. The molecule has 0 aliphatic rings. The average Bonchev–Trinajstić information content (AvgIpc) is 2.66. The molecule has 3 aromatic rings. The zero-order valence-corrected chi connectivity index (χ0v) is 17.5. The van der Waals surface area contributed by atoms with E-state index in [1.54, 1.807) is 13.1 Å². The molecule has 3 rings (SSSR count). The molecular formula is C22H21Cl2NO3. The molecule has 2 aromatic carbocycles. The van der Waals surface area contributed by atoms with Crippen molar-refractivity contribution in [2.24, 2.45) is 0 Å². The van der Waals surface area contributed by atoms with E-state index in [1.165, 1.54) is 5.56 Å².